The molecule has 1 aromatic carbocycles. The third-order valence-corrected chi connectivity index (χ3v) is 5.14. The Bertz CT molecular complexity index is 758. The van der Waals surface area contributed by atoms with E-state index < -0.39 is 11.1 Å². The second-order valence-corrected chi connectivity index (χ2v) is 7.17. The van der Waals surface area contributed by atoms with Gasteiger partial charge in [-0.3, -0.25) is 19.3 Å². The molecule has 0 bridgehead atoms. The second-order valence-electron chi connectivity index (χ2n) is 6.18. The summed E-state index contributed by atoms with van der Waals surface area (Å²) in [5.41, 5.74) is 0.715. The van der Waals surface area contributed by atoms with Crippen LogP contribution in [0.25, 0.3) is 6.08 Å². The molecule has 1 N–H and O–H groups in total. The topological polar surface area (TPSA) is 84.9 Å². The van der Waals surface area contributed by atoms with Gasteiger partial charge in [-0.15, -0.1) is 0 Å². The van der Waals surface area contributed by atoms with Crippen LogP contribution in [0.2, 0.25) is 0 Å². The number of hydrogen-bond donors (Lipinski definition) is 1. The lowest BCUT2D eigenvalue weighted by atomic mass is 10.2. The van der Waals surface area contributed by atoms with E-state index in [2.05, 4.69) is 5.32 Å². The normalized spacial score (nSPS) is 21.1. The highest BCUT2D eigenvalue weighted by Crippen LogP contribution is 2.33. The van der Waals surface area contributed by atoms with E-state index in [0.717, 1.165) is 29.5 Å². The average Bonchev–Trinajstić information content (AvgIpc) is 3.26. The molecular formula is C19H22N2O5S. The largest absolute Gasteiger partial charge is 0.493 e. The summed E-state index contributed by atoms with van der Waals surface area (Å²) in [5, 5.41) is 2.27. The van der Waals surface area contributed by atoms with E-state index >= 15 is 0 Å². The van der Waals surface area contributed by atoms with Gasteiger partial charge >= 0.3 is 0 Å². The molecule has 2 aliphatic heterocycles. The maximum Gasteiger partial charge on any atom is 0.294 e. The van der Waals surface area contributed by atoms with Crippen molar-refractivity contribution >= 4 is 34.9 Å². The standard InChI is InChI=1S/C19H22N2O5S/c1-2-25-15-8-4-3-6-13(15)10-16-18(23)21(19(24)27-16)12-17(22)20-11-14-7-5-9-26-14/h3-4,6,8,10,14H,2,5,7,9,11-12H2,1H3,(H,20,22)/b16-10-/t14-/m0/s1. The first-order chi connectivity index (χ1) is 13.1. The van der Waals surface area contributed by atoms with Crippen LogP contribution in [0.4, 0.5) is 4.79 Å². The molecule has 1 aromatic rings. The monoisotopic (exact) mass is 390 g/mol. The molecule has 2 heterocycles. The predicted octanol–water partition coefficient (Wildman–Crippen LogP) is 2.42. The fourth-order valence-electron chi connectivity index (χ4n) is 2.90. The number of benzene rings is 1. The first-order valence-corrected chi connectivity index (χ1v) is 9.75. The van der Waals surface area contributed by atoms with E-state index in [1.165, 1.54) is 0 Å². The number of ether oxygens (including phenoxy) is 2. The van der Waals surface area contributed by atoms with Crippen molar-refractivity contribution in [3.05, 3.63) is 34.7 Å². The molecule has 2 fully saturated rings. The molecule has 1 atom stereocenters. The molecule has 0 aromatic heterocycles. The van der Waals surface area contributed by atoms with Gasteiger partial charge in [-0.2, -0.15) is 0 Å². The van der Waals surface area contributed by atoms with Crippen LogP contribution in [0.5, 0.6) is 5.75 Å². The van der Waals surface area contributed by atoms with Crippen LogP contribution in [-0.2, 0) is 14.3 Å². The Hall–Kier alpha value is -2.32. The van der Waals surface area contributed by atoms with Gasteiger partial charge in [0.15, 0.2) is 0 Å². The number of nitrogens with one attached hydrogen (secondary N) is 1. The van der Waals surface area contributed by atoms with Crippen molar-refractivity contribution in [2.45, 2.75) is 25.9 Å². The molecule has 0 unspecified atom stereocenters. The molecular weight excluding hydrogens is 368 g/mol. The summed E-state index contributed by atoms with van der Waals surface area (Å²) >= 11 is 0.827. The molecule has 0 radical (unpaired) electrons. The van der Waals surface area contributed by atoms with Crippen molar-refractivity contribution in [3.8, 4) is 5.75 Å². The molecule has 2 aliphatic rings. The number of carbonyl (C=O) groups is 3. The zero-order valence-corrected chi connectivity index (χ0v) is 15.9. The number of imide groups is 1. The van der Waals surface area contributed by atoms with E-state index in [4.69, 9.17) is 9.47 Å². The van der Waals surface area contributed by atoms with Crippen molar-refractivity contribution < 1.29 is 23.9 Å². The minimum Gasteiger partial charge on any atom is -0.493 e. The average molecular weight is 390 g/mol. The van der Waals surface area contributed by atoms with Gasteiger partial charge in [0, 0.05) is 18.7 Å². The minimum absolute atomic E-state index is 0.0128. The van der Waals surface area contributed by atoms with Crippen molar-refractivity contribution in [3.63, 3.8) is 0 Å². The summed E-state index contributed by atoms with van der Waals surface area (Å²) in [7, 11) is 0. The Morgan fingerprint density at radius 2 is 2.22 bits per heavy atom. The maximum atomic E-state index is 12.6. The lowest BCUT2D eigenvalue weighted by Crippen LogP contribution is -2.41. The molecule has 3 rings (SSSR count). The molecule has 3 amide bonds. The van der Waals surface area contributed by atoms with Crippen molar-refractivity contribution in [2.75, 3.05) is 26.3 Å². The van der Waals surface area contributed by atoms with Gasteiger partial charge in [-0.25, -0.2) is 0 Å². The molecule has 0 spiro atoms. The highest BCUT2D eigenvalue weighted by molar-refractivity contribution is 8.18. The van der Waals surface area contributed by atoms with E-state index in [1.54, 1.807) is 12.1 Å². The number of thioether (sulfide) groups is 1. The van der Waals surface area contributed by atoms with E-state index in [9.17, 15) is 14.4 Å². The Morgan fingerprint density at radius 3 is 2.96 bits per heavy atom. The Morgan fingerprint density at radius 1 is 1.41 bits per heavy atom. The first-order valence-electron chi connectivity index (χ1n) is 8.94. The van der Waals surface area contributed by atoms with Crippen LogP contribution in [0.15, 0.2) is 29.2 Å². The fraction of sp³-hybridized carbons (Fsp3) is 0.421. The van der Waals surface area contributed by atoms with Crippen molar-refractivity contribution in [2.24, 2.45) is 0 Å². The number of carbonyl (C=O) groups excluding carboxylic acids is 3. The number of hydrogen-bond acceptors (Lipinski definition) is 6. The van der Waals surface area contributed by atoms with Crippen LogP contribution in [-0.4, -0.2) is 54.4 Å². The van der Waals surface area contributed by atoms with Gasteiger partial charge in [0.05, 0.1) is 17.6 Å². The summed E-state index contributed by atoms with van der Waals surface area (Å²) in [5.74, 6) is -0.201. The smallest absolute Gasteiger partial charge is 0.294 e. The molecule has 27 heavy (non-hydrogen) atoms. The van der Waals surface area contributed by atoms with Crippen molar-refractivity contribution in [1.29, 1.82) is 0 Å². The Balaban J connectivity index is 1.63. The third-order valence-electron chi connectivity index (χ3n) is 4.23. The summed E-state index contributed by atoms with van der Waals surface area (Å²) in [6.07, 6.45) is 3.53. The SMILES string of the molecule is CCOc1ccccc1/C=C1\SC(=O)N(CC(=O)NC[C@@H]2CCCO2)C1=O. The molecule has 8 heteroatoms. The molecule has 144 valence electrons. The maximum absolute atomic E-state index is 12.6. The fourth-order valence-corrected chi connectivity index (χ4v) is 3.73. The van der Waals surface area contributed by atoms with Gasteiger partial charge in [-0.05, 0) is 43.7 Å². The van der Waals surface area contributed by atoms with E-state index in [0.29, 0.717) is 31.1 Å². The number of amides is 3. The summed E-state index contributed by atoms with van der Waals surface area (Å²) in [6.45, 7) is 3.18. The highest BCUT2D eigenvalue weighted by atomic mass is 32.2. The predicted molar refractivity (Wildman–Crippen MR) is 102 cm³/mol. The van der Waals surface area contributed by atoms with Crippen molar-refractivity contribution in [1.82, 2.24) is 10.2 Å². The summed E-state index contributed by atoms with van der Waals surface area (Å²) in [4.78, 5) is 38.1. The van der Waals surface area contributed by atoms with Crippen LogP contribution in [0, 0.1) is 0 Å². The van der Waals surface area contributed by atoms with E-state index in [-0.39, 0.29) is 23.5 Å². The van der Waals surface area contributed by atoms with Gasteiger partial charge in [0.25, 0.3) is 11.1 Å². The lowest BCUT2D eigenvalue weighted by molar-refractivity contribution is -0.129. The zero-order chi connectivity index (χ0) is 19.2. The summed E-state index contributed by atoms with van der Waals surface area (Å²) in [6, 6.07) is 7.29. The molecule has 2 saturated heterocycles. The van der Waals surface area contributed by atoms with Gasteiger partial charge in [-0.1, -0.05) is 18.2 Å². The number of para-hydroxylation sites is 1. The minimum atomic E-state index is -0.469. The third kappa shape index (κ3) is 4.90. The van der Waals surface area contributed by atoms with E-state index in [1.807, 2.05) is 25.1 Å². The second kappa shape index (κ2) is 9.05. The van der Waals surface area contributed by atoms with Gasteiger partial charge in [0.2, 0.25) is 5.91 Å². The van der Waals surface area contributed by atoms with Gasteiger partial charge in [0.1, 0.15) is 12.3 Å². The van der Waals surface area contributed by atoms with Crippen LogP contribution in [0.3, 0.4) is 0 Å². The molecule has 7 nitrogen and oxygen atoms in total. The Labute approximate surface area is 162 Å². The Kier molecular flexibility index (Phi) is 6.52. The lowest BCUT2D eigenvalue weighted by Gasteiger charge is -2.14. The quantitative estimate of drug-likeness (QED) is 0.720. The first kappa shape index (κ1) is 19.4. The summed E-state index contributed by atoms with van der Waals surface area (Å²) < 4.78 is 11.0. The highest BCUT2D eigenvalue weighted by Gasteiger charge is 2.36. The molecule has 0 saturated carbocycles. The number of nitrogens with zero attached hydrogens (tertiary/aromatic N) is 1. The van der Waals surface area contributed by atoms with Gasteiger partial charge < -0.3 is 14.8 Å². The van der Waals surface area contributed by atoms with Crippen LogP contribution >= 0.6 is 11.8 Å². The molecule has 0 aliphatic carbocycles. The van der Waals surface area contributed by atoms with Crippen LogP contribution in [0.1, 0.15) is 25.3 Å². The van der Waals surface area contributed by atoms with Crippen LogP contribution < -0.4 is 10.1 Å². The zero-order valence-electron chi connectivity index (χ0n) is 15.1. The number of rotatable bonds is 7.